The van der Waals surface area contributed by atoms with Crippen LogP contribution in [-0.2, 0) is 19.1 Å². The number of amides is 1. The minimum Gasteiger partial charge on any atom is -0.378 e. The van der Waals surface area contributed by atoms with Gasteiger partial charge in [0.25, 0.3) is 0 Å². The molecule has 7 rings (SSSR count). The van der Waals surface area contributed by atoms with E-state index in [1.165, 1.54) is 12.8 Å². The molecule has 222 valence electrons. The molecule has 9 unspecified atom stereocenters. The summed E-state index contributed by atoms with van der Waals surface area (Å²) >= 11 is 3.83. The van der Waals surface area contributed by atoms with Crippen LogP contribution in [0.15, 0.2) is 11.1 Å². The standard InChI is InChI=1S/C28H44N6O4S2/c29-17-3-1-2-4-18(17)31-21-11-15-13-30-28(36)24(15)27(32-21)33-22-6-5-20(39-22)16-14-38-25-19(35)12-23(40-26(16)25)34-7-9-37-10-8-34/h12,15-18,20-22,24-27,31-33H,1-11,13-14,29H2,(H,30,36)/t15?,16?,17-,18+,20?,21?,22?,24?,25?,26?,27?/m1/s1. The number of ether oxygens (including phenoxy) is 2. The normalized spacial score (nSPS) is 45.7. The van der Waals surface area contributed by atoms with Crippen LogP contribution in [0.5, 0.6) is 0 Å². The first-order chi connectivity index (χ1) is 19.5. The Kier molecular flexibility index (Phi) is 8.40. The number of piperidine rings is 1. The minimum absolute atomic E-state index is 0.0512. The Labute approximate surface area is 245 Å². The summed E-state index contributed by atoms with van der Waals surface area (Å²) < 4.78 is 11.6. The summed E-state index contributed by atoms with van der Waals surface area (Å²) in [7, 11) is 0. The Hall–Kier alpha value is -0.860. The zero-order valence-corrected chi connectivity index (χ0v) is 24.7. The molecule has 1 aliphatic carbocycles. The van der Waals surface area contributed by atoms with E-state index in [2.05, 4.69) is 26.2 Å². The van der Waals surface area contributed by atoms with Crippen LogP contribution in [0.3, 0.4) is 0 Å². The first-order valence-corrected chi connectivity index (χ1v) is 17.2. The zero-order chi connectivity index (χ0) is 27.2. The van der Waals surface area contributed by atoms with Gasteiger partial charge in [-0.3, -0.25) is 25.5 Å². The molecule has 0 aromatic rings. The molecule has 0 bridgehead atoms. The average Bonchev–Trinajstić information content (AvgIpc) is 3.69. The van der Waals surface area contributed by atoms with Gasteiger partial charge in [0.05, 0.1) is 53.7 Å². The van der Waals surface area contributed by atoms with Crippen molar-refractivity contribution in [2.24, 2.45) is 23.5 Å². The van der Waals surface area contributed by atoms with E-state index in [9.17, 15) is 9.59 Å². The second-order valence-electron chi connectivity index (χ2n) is 12.6. The van der Waals surface area contributed by atoms with Crippen LogP contribution in [0, 0.1) is 17.8 Å². The van der Waals surface area contributed by atoms with E-state index in [-0.39, 0.29) is 52.7 Å². The van der Waals surface area contributed by atoms with Crippen molar-refractivity contribution in [1.82, 2.24) is 26.2 Å². The van der Waals surface area contributed by atoms with Gasteiger partial charge in [0.2, 0.25) is 5.91 Å². The Morgan fingerprint density at radius 1 is 1.07 bits per heavy atom. The van der Waals surface area contributed by atoms with Gasteiger partial charge in [-0.2, -0.15) is 0 Å². The Balaban J connectivity index is 0.985. The topological polar surface area (TPSA) is 130 Å². The predicted molar refractivity (Wildman–Crippen MR) is 156 cm³/mol. The number of nitrogens with one attached hydrogen (secondary N) is 4. The third-order valence-electron chi connectivity index (χ3n) is 10.1. The second-order valence-corrected chi connectivity index (χ2v) is 15.2. The van der Waals surface area contributed by atoms with Crippen molar-refractivity contribution >= 4 is 35.2 Å². The lowest BCUT2D eigenvalue weighted by molar-refractivity contribution is -0.125. The van der Waals surface area contributed by atoms with Gasteiger partial charge < -0.3 is 25.4 Å². The molecule has 7 aliphatic rings. The van der Waals surface area contributed by atoms with E-state index in [1.807, 2.05) is 23.5 Å². The molecule has 12 heteroatoms. The van der Waals surface area contributed by atoms with Gasteiger partial charge in [0.1, 0.15) is 6.10 Å². The van der Waals surface area contributed by atoms with Gasteiger partial charge in [0, 0.05) is 49.0 Å². The number of rotatable bonds is 6. The third-order valence-corrected chi connectivity index (χ3v) is 13.2. The average molecular weight is 593 g/mol. The lowest BCUT2D eigenvalue weighted by atomic mass is 9.84. The lowest BCUT2D eigenvalue weighted by Gasteiger charge is -2.42. The van der Waals surface area contributed by atoms with Crippen LogP contribution in [-0.4, -0.2) is 102 Å². The summed E-state index contributed by atoms with van der Waals surface area (Å²) in [6, 6.07) is 0.538. The van der Waals surface area contributed by atoms with Crippen molar-refractivity contribution in [1.29, 1.82) is 0 Å². The van der Waals surface area contributed by atoms with Crippen molar-refractivity contribution in [2.45, 2.75) is 91.3 Å². The fraction of sp³-hybridized carbons (Fsp3) is 0.857. The summed E-state index contributed by atoms with van der Waals surface area (Å²) in [6.07, 6.45) is 9.30. The summed E-state index contributed by atoms with van der Waals surface area (Å²) in [5.41, 5.74) is 6.45. The van der Waals surface area contributed by atoms with Crippen molar-refractivity contribution in [3.63, 3.8) is 0 Å². The zero-order valence-electron chi connectivity index (χ0n) is 23.1. The molecule has 0 aromatic heterocycles. The van der Waals surface area contributed by atoms with Crippen molar-refractivity contribution in [2.75, 3.05) is 39.5 Å². The number of nitrogens with two attached hydrogens (primary N) is 1. The van der Waals surface area contributed by atoms with Gasteiger partial charge in [-0.15, -0.1) is 23.5 Å². The number of ketones is 1. The number of nitrogens with zero attached hydrogens (tertiary/aromatic N) is 1. The SMILES string of the molecule is N[C@@H]1CCCC[C@@H]1NC1CC2CNC(=O)C2C(NC2CCC(C3COC4C(=O)C=C(N5CCOCC5)SC43)S2)N1. The molecule has 1 saturated carbocycles. The molecule has 0 aromatic carbocycles. The molecule has 0 spiro atoms. The van der Waals surface area contributed by atoms with Crippen LogP contribution < -0.4 is 27.0 Å². The molecule has 6 aliphatic heterocycles. The molecule has 6 N–H and O–H groups in total. The van der Waals surface area contributed by atoms with Crippen LogP contribution in [0.4, 0.5) is 0 Å². The van der Waals surface area contributed by atoms with Crippen molar-refractivity contribution in [3.8, 4) is 0 Å². The van der Waals surface area contributed by atoms with Gasteiger partial charge in [-0.05, 0) is 38.0 Å². The van der Waals surface area contributed by atoms with Crippen LogP contribution in [0.2, 0.25) is 0 Å². The van der Waals surface area contributed by atoms with Gasteiger partial charge >= 0.3 is 0 Å². The van der Waals surface area contributed by atoms with Crippen LogP contribution >= 0.6 is 23.5 Å². The van der Waals surface area contributed by atoms with Crippen molar-refractivity contribution < 1.29 is 19.1 Å². The van der Waals surface area contributed by atoms with E-state index in [4.69, 9.17) is 15.2 Å². The minimum atomic E-state index is -0.326. The van der Waals surface area contributed by atoms with Gasteiger partial charge in [-0.1, -0.05) is 12.8 Å². The molecular formula is C28H44N6O4S2. The van der Waals surface area contributed by atoms with E-state index < -0.39 is 0 Å². The highest BCUT2D eigenvalue weighted by Crippen LogP contribution is 2.48. The predicted octanol–water partition coefficient (Wildman–Crippen LogP) is 0.538. The molecule has 0 radical (unpaired) electrons. The van der Waals surface area contributed by atoms with E-state index in [1.54, 1.807) is 6.08 Å². The molecule has 6 fully saturated rings. The fourth-order valence-electron chi connectivity index (χ4n) is 7.90. The highest BCUT2D eigenvalue weighted by molar-refractivity contribution is 8.04. The number of fused-ring (bicyclic) bond motifs is 2. The van der Waals surface area contributed by atoms with Crippen LogP contribution in [0.25, 0.3) is 0 Å². The molecule has 40 heavy (non-hydrogen) atoms. The molecule has 5 saturated heterocycles. The molecule has 10 nitrogen and oxygen atoms in total. The van der Waals surface area contributed by atoms with E-state index in [0.717, 1.165) is 56.8 Å². The van der Waals surface area contributed by atoms with Gasteiger partial charge in [0.15, 0.2) is 5.78 Å². The Bertz CT molecular complexity index is 998. The summed E-state index contributed by atoms with van der Waals surface area (Å²) in [5.74, 6) is 0.888. The number of carbonyl (C=O) groups excluding carboxylic acids is 2. The van der Waals surface area contributed by atoms with Gasteiger partial charge in [-0.25, -0.2) is 0 Å². The fourth-order valence-corrected chi connectivity index (χ4v) is 11.2. The van der Waals surface area contributed by atoms with E-state index >= 15 is 0 Å². The highest BCUT2D eigenvalue weighted by atomic mass is 32.2. The summed E-state index contributed by atoms with van der Waals surface area (Å²) in [5, 5.41) is 16.5. The molecular weight excluding hydrogens is 548 g/mol. The quantitative estimate of drug-likeness (QED) is 0.296. The lowest BCUT2D eigenvalue weighted by Crippen LogP contribution is -2.66. The monoisotopic (exact) mass is 592 g/mol. The molecule has 6 heterocycles. The van der Waals surface area contributed by atoms with Crippen LogP contribution in [0.1, 0.15) is 44.9 Å². The number of hydrogen-bond acceptors (Lipinski definition) is 11. The maximum Gasteiger partial charge on any atom is 0.226 e. The second kappa shape index (κ2) is 12.0. The third kappa shape index (κ3) is 5.59. The number of morpholine rings is 1. The maximum atomic E-state index is 13.0. The largest absolute Gasteiger partial charge is 0.378 e. The molecule has 11 atom stereocenters. The summed E-state index contributed by atoms with van der Waals surface area (Å²) in [6.45, 7) is 4.50. The Morgan fingerprint density at radius 2 is 1.93 bits per heavy atom. The number of thioether (sulfide) groups is 2. The smallest absolute Gasteiger partial charge is 0.226 e. The van der Waals surface area contributed by atoms with Crippen molar-refractivity contribution in [3.05, 3.63) is 11.1 Å². The summed E-state index contributed by atoms with van der Waals surface area (Å²) in [4.78, 5) is 28.2. The maximum absolute atomic E-state index is 13.0. The van der Waals surface area contributed by atoms with E-state index in [0.29, 0.717) is 42.9 Å². The first kappa shape index (κ1) is 27.9. The first-order valence-electron chi connectivity index (χ1n) is 15.4. The number of hydrogen-bond donors (Lipinski definition) is 5. The molecule has 1 amide bonds. The number of carbonyl (C=O) groups is 2. The Morgan fingerprint density at radius 3 is 2.77 bits per heavy atom. The highest BCUT2D eigenvalue weighted by Gasteiger charge is 2.51.